The Hall–Kier alpha value is -4.26. The molecule has 1 aliphatic heterocycles. The molecule has 37 heavy (non-hydrogen) atoms. The van der Waals surface area contributed by atoms with Crippen LogP contribution in [-0.2, 0) is 9.59 Å². The van der Waals surface area contributed by atoms with E-state index >= 15 is 0 Å². The van der Waals surface area contributed by atoms with Crippen molar-refractivity contribution in [3.63, 3.8) is 0 Å². The SMILES string of the molecule is COc1ccc(C2C(C(=O)Nc3c(F)cccc3F)=C(C)NC3=C2C(=O)CC(c2ccccc2)C3)cc1. The van der Waals surface area contributed by atoms with Gasteiger partial charge in [-0.15, -0.1) is 0 Å². The molecule has 3 aromatic carbocycles. The quantitative estimate of drug-likeness (QED) is 0.453. The minimum atomic E-state index is -0.879. The van der Waals surface area contributed by atoms with E-state index in [1.807, 2.05) is 30.3 Å². The van der Waals surface area contributed by atoms with Gasteiger partial charge in [0.25, 0.3) is 5.91 Å². The minimum Gasteiger partial charge on any atom is -0.497 e. The molecule has 3 aromatic rings. The van der Waals surface area contributed by atoms with Gasteiger partial charge in [0.1, 0.15) is 23.1 Å². The zero-order chi connectivity index (χ0) is 26.1. The Bertz CT molecular complexity index is 1410. The number of ketones is 1. The van der Waals surface area contributed by atoms with Gasteiger partial charge in [0.2, 0.25) is 0 Å². The number of nitrogens with one attached hydrogen (secondary N) is 2. The van der Waals surface area contributed by atoms with E-state index in [0.717, 1.165) is 23.4 Å². The molecule has 2 unspecified atom stereocenters. The number of amides is 1. The third-order valence-corrected chi connectivity index (χ3v) is 6.99. The molecule has 1 amide bonds. The summed E-state index contributed by atoms with van der Waals surface area (Å²) in [5.74, 6) is -2.58. The number of hydrogen-bond acceptors (Lipinski definition) is 4. The van der Waals surface area contributed by atoms with E-state index in [1.165, 1.54) is 6.07 Å². The lowest BCUT2D eigenvalue weighted by molar-refractivity contribution is -0.116. The van der Waals surface area contributed by atoms with Crippen molar-refractivity contribution in [3.05, 3.63) is 118 Å². The van der Waals surface area contributed by atoms with Gasteiger partial charge < -0.3 is 15.4 Å². The van der Waals surface area contributed by atoms with Crippen molar-refractivity contribution in [2.24, 2.45) is 0 Å². The lowest BCUT2D eigenvalue weighted by Crippen LogP contribution is -2.37. The maximum atomic E-state index is 14.3. The van der Waals surface area contributed by atoms with Gasteiger partial charge in [-0.2, -0.15) is 0 Å². The molecule has 1 aliphatic carbocycles. The van der Waals surface area contributed by atoms with E-state index in [2.05, 4.69) is 10.6 Å². The van der Waals surface area contributed by atoms with E-state index in [9.17, 15) is 18.4 Å². The van der Waals surface area contributed by atoms with E-state index in [1.54, 1.807) is 38.3 Å². The van der Waals surface area contributed by atoms with E-state index in [0.29, 0.717) is 35.4 Å². The van der Waals surface area contributed by atoms with Crippen LogP contribution in [0.4, 0.5) is 14.5 Å². The fourth-order valence-electron chi connectivity index (χ4n) is 5.23. The molecule has 2 aliphatic rings. The summed E-state index contributed by atoms with van der Waals surface area (Å²) >= 11 is 0. The molecule has 2 N–H and O–H groups in total. The second-order valence-electron chi connectivity index (χ2n) is 9.25. The van der Waals surface area contributed by atoms with Crippen molar-refractivity contribution in [2.45, 2.75) is 31.6 Å². The number of benzene rings is 3. The average Bonchev–Trinajstić information content (AvgIpc) is 2.90. The van der Waals surface area contributed by atoms with E-state index < -0.39 is 29.1 Å². The number of anilines is 1. The Balaban J connectivity index is 1.58. The fourth-order valence-corrected chi connectivity index (χ4v) is 5.23. The number of halogens is 2. The van der Waals surface area contributed by atoms with Gasteiger partial charge in [-0.25, -0.2) is 8.78 Å². The van der Waals surface area contributed by atoms with Crippen molar-refractivity contribution in [3.8, 4) is 5.75 Å². The summed E-state index contributed by atoms with van der Waals surface area (Å²) in [6.07, 6.45) is 0.902. The van der Waals surface area contributed by atoms with Crippen LogP contribution in [0.2, 0.25) is 0 Å². The number of dihydropyridines is 1. The monoisotopic (exact) mass is 500 g/mol. The Kier molecular flexibility index (Phi) is 6.61. The van der Waals surface area contributed by atoms with E-state index in [4.69, 9.17) is 4.74 Å². The molecule has 0 spiro atoms. The van der Waals surface area contributed by atoms with Crippen molar-refractivity contribution in [1.82, 2.24) is 5.32 Å². The zero-order valence-corrected chi connectivity index (χ0v) is 20.5. The standard InChI is InChI=1S/C30H26F2N2O3/c1-17-26(30(36)34-29-22(31)9-6-10-23(29)32)27(19-11-13-21(37-2)14-12-19)28-24(33-17)15-20(16-25(28)35)18-7-4-3-5-8-18/h3-14,20,27,33H,15-16H2,1-2H3,(H,34,36). The topological polar surface area (TPSA) is 67.4 Å². The maximum absolute atomic E-state index is 14.3. The van der Waals surface area contributed by atoms with Gasteiger partial charge in [0.15, 0.2) is 5.78 Å². The number of para-hydroxylation sites is 1. The first-order valence-electron chi connectivity index (χ1n) is 12.1. The predicted molar refractivity (Wildman–Crippen MR) is 137 cm³/mol. The van der Waals surface area contributed by atoms with Crippen molar-refractivity contribution in [1.29, 1.82) is 0 Å². The molecule has 0 radical (unpaired) electrons. The van der Waals surface area contributed by atoms with Crippen LogP contribution in [0.25, 0.3) is 0 Å². The highest BCUT2D eigenvalue weighted by Gasteiger charge is 2.41. The number of ether oxygens (including phenoxy) is 1. The van der Waals surface area contributed by atoms with Crippen LogP contribution < -0.4 is 15.4 Å². The highest BCUT2D eigenvalue weighted by atomic mass is 19.1. The Morgan fingerprint density at radius 1 is 0.919 bits per heavy atom. The largest absolute Gasteiger partial charge is 0.497 e. The fraction of sp³-hybridized carbons (Fsp3) is 0.200. The summed E-state index contributed by atoms with van der Waals surface area (Å²) in [5.41, 5.74) is 3.28. The van der Waals surface area contributed by atoms with Crippen molar-refractivity contribution >= 4 is 17.4 Å². The molecule has 2 atom stereocenters. The summed E-state index contributed by atoms with van der Waals surface area (Å²) in [7, 11) is 1.56. The van der Waals surface area contributed by atoms with Crippen molar-refractivity contribution in [2.75, 3.05) is 12.4 Å². The molecule has 0 aromatic heterocycles. The number of rotatable bonds is 5. The summed E-state index contributed by atoms with van der Waals surface area (Å²) in [6, 6.07) is 20.4. The Morgan fingerprint density at radius 3 is 2.24 bits per heavy atom. The Labute approximate surface area is 213 Å². The number of allylic oxidation sites excluding steroid dienone is 3. The zero-order valence-electron chi connectivity index (χ0n) is 20.5. The van der Waals surface area contributed by atoms with Gasteiger partial charge >= 0.3 is 0 Å². The smallest absolute Gasteiger partial charge is 0.254 e. The van der Waals surface area contributed by atoms with Crippen LogP contribution in [0.3, 0.4) is 0 Å². The third-order valence-electron chi connectivity index (χ3n) is 6.99. The van der Waals surface area contributed by atoms with Gasteiger partial charge in [-0.05, 0) is 54.7 Å². The molecule has 0 fully saturated rings. The molecule has 7 heteroatoms. The van der Waals surface area contributed by atoms with Crippen LogP contribution >= 0.6 is 0 Å². The molecular weight excluding hydrogens is 474 g/mol. The van der Waals surface area contributed by atoms with Crippen LogP contribution in [-0.4, -0.2) is 18.8 Å². The van der Waals surface area contributed by atoms with Crippen LogP contribution in [0, 0.1) is 11.6 Å². The van der Waals surface area contributed by atoms with Crippen molar-refractivity contribution < 1.29 is 23.1 Å². The molecular formula is C30H26F2N2O3. The maximum Gasteiger partial charge on any atom is 0.254 e. The first kappa shape index (κ1) is 24.4. The van der Waals surface area contributed by atoms with E-state index in [-0.39, 0.29) is 17.3 Å². The summed E-state index contributed by atoms with van der Waals surface area (Å²) < 4.78 is 34.0. The van der Waals surface area contributed by atoms with Gasteiger partial charge in [0.05, 0.1) is 7.11 Å². The molecule has 5 nitrogen and oxygen atoms in total. The molecule has 0 bridgehead atoms. The third kappa shape index (κ3) is 4.65. The Morgan fingerprint density at radius 2 is 1.59 bits per heavy atom. The second-order valence-corrected chi connectivity index (χ2v) is 9.25. The number of carbonyl (C=O) groups is 2. The summed E-state index contributed by atoms with van der Waals surface area (Å²) in [4.78, 5) is 27.2. The van der Waals surface area contributed by atoms with Crippen LogP contribution in [0.15, 0.2) is 95.3 Å². The number of Topliss-reactive ketones (excluding diaryl/α,β-unsaturated/α-hetero) is 1. The predicted octanol–water partition coefficient (Wildman–Crippen LogP) is 5.97. The summed E-state index contributed by atoms with van der Waals surface area (Å²) in [6.45, 7) is 1.74. The highest BCUT2D eigenvalue weighted by molar-refractivity contribution is 6.10. The van der Waals surface area contributed by atoms with Gasteiger partial charge in [-0.3, -0.25) is 9.59 Å². The lowest BCUT2D eigenvalue weighted by Gasteiger charge is -2.37. The second kappa shape index (κ2) is 10.0. The lowest BCUT2D eigenvalue weighted by atomic mass is 9.71. The normalized spacial score (nSPS) is 19.3. The minimum absolute atomic E-state index is 0.00662. The number of methoxy groups -OCH3 is 1. The number of hydrogen-bond donors (Lipinski definition) is 2. The molecule has 188 valence electrons. The molecule has 0 saturated heterocycles. The van der Waals surface area contributed by atoms with Crippen LogP contribution in [0.5, 0.6) is 5.75 Å². The van der Waals surface area contributed by atoms with Gasteiger partial charge in [-0.1, -0.05) is 48.5 Å². The number of carbonyl (C=O) groups excluding carboxylic acids is 2. The molecule has 0 saturated carbocycles. The average molecular weight is 501 g/mol. The first-order chi connectivity index (χ1) is 17.9. The summed E-state index contributed by atoms with van der Waals surface area (Å²) in [5, 5.41) is 5.68. The van der Waals surface area contributed by atoms with Gasteiger partial charge in [0, 0.05) is 34.9 Å². The highest BCUT2D eigenvalue weighted by Crippen LogP contribution is 2.46. The molecule has 5 rings (SSSR count). The first-order valence-corrected chi connectivity index (χ1v) is 12.1. The van der Waals surface area contributed by atoms with Crippen LogP contribution in [0.1, 0.15) is 42.7 Å². The molecule has 1 heterocycles.